The monoisotopic (exact) mass is 558 g/mol. The van der Waals surface area contributed by atoms with Crippen LogP contribution in [0.5, 0.6) is 11.5 Å². The van der Waals surface area contributed by atoms with Crippen molar-refractivity contribution in [2.45, 2.75) is 25.4 Å². The van der Waals surface area contributed by atoms with Crippen molar-refractivity contribution in [3.05, 3.63) is 47.9 Å². The maximum atomic E-state index is 5.41. The highest BCUT2D eigenvalue weighted by molar-refractivity contribution is 14.0. The summed E-state index contributed by atoms with van der Waals surface area (Å²) in [6.45, 7) is 4.80. The summed E-state index contributed by atoms with van der Waals surface area (Å²) in [6, 6.07) is 10.3. The SMILES string of the molecule is COCCN=C(NCCc1ccco1)NC1CCN(Cc2cc(OC)cc(OC)c2)C1.I. The molecule has 1 aromatic carbocycles. The van der Waals surface area contributed by atoms with Crippen molar-refractivity contribution in [1.29, 1.82) is 0 Å². The molecule has 3 rings (SSSR count). The van der Waals surface area contributed by atoms with Gasteiger partial charge in [0.25, 0.3) is 0 Å². The van der Waals surface area contributed by atoms with Crippen molar-refractivity contribution in [2.75, 3.05) is 54.1 Å². The Bertz CT molecular complexity index is 794. The molecule has 0 aliphatic carbocycles. The van der Waals surface area contributed by atoms with E-state index in [1.54, 1.807) is 27.6 Å². The molecule has 1 aromatic heterocycles. The van der Waals surface area contributed by atoms with Crippen molar-refractivity contribution in [1.82, 2.24) is 15.5 Å². The maximum Gasteiger partial charge on any atom is 0.191 e. The van der Waals surface area contributed by atoms with Gasteiger partial charge in [0.1, 0.15) is 17.3 Å². The Kier molecular flexibility index (Phi) is 11.7. The van der Waals surface area contributed by atoms with Gasteiger partial charge >= 0.3 is 0 Å². The van der Waals surface area contributed by atoms with Gasteiger partial charge in [-0.2, -0.15) is 0 Å². The first-order valence-corrected chi connectivity index (χ1v) is 10.7. The van der Waals surface area contributed by atoms with Gasteiger partial charge in [0.05, 0.1) is 33.6 Å². The Morgan fingerprint density at radius 2 is 1.97 bits per heavy atom. The van der Waals surface area contributed by atoms with Crippen molar-refractivity contribution < 1.29 is 18.6 Å². The third-order valence-electron chi connectivity index (χ3n) is 5.24. The maximum absolute atomic E-state index is 5.41. The van der Waals surface area contributed by atoms with E-state index in [0.29, 0.717) is 19.2 Å². The summed E-state index contributed by atoms with van der Waals surface area (Å²) in [5.74, 6) is 3.41. The van der Waals surface area contributed by atoms with E-state index in [4.69, 9.17) is 18.6 Å². The second-order valence-corrected chi connectivity index (χ2v) is 7.57. The summed E-state index contributed by atoms with van der Waals surface area (Å²) < 4.78 is 21.3. The zero-order chi connectivity index (χ0) is 21.9. The molecule has 0 radical (unpaired) electrons. The highest BCUT2D eigenvalue weighted by Crippen LogP contribution is 2.24. The molecule has 2 N–H and O–H groups in total. The van der Waals surface area contributed by atoms with Crippen LogP contribution in [0.2, 0.25) is 0 Å². The molecule has 0 spiro atoms. The topological polar surface area (TPSA) is 80.5 Å². The standard InChI is InChI=1S/C23H34N4O4.HI/c1-28-12-9-25-23(24-8-6-20-5-4-11-31-20)26-19-7-10-27(17-19)16-18-13-21(29-2)15-22(14-18)30-3;/h4-5,11,13-15,19H,6-10,12,16-17H2,1-3H3,(H2,24,25,26);1H. The first-order valence-electron chi connectivity index (χ1n) is 10.7. The Hall–Kier alpha value is -1.98. The third kappa shape index (κ3) is 8.51. The first-order chi connectivity index (χ1) is 15.2. The van der Waals surface area contributed by atoms with Crippen molar-refractivity contribution >= 4 is 29.9 Å². The average molecular weight is 558 g/mol. The lowest BCUT2D eigenvalue weighted by Gasteiger charge is -2.20. The molecule has 1 saturated heterocycles. The van der Waals surface area contributed by atoms with Gasteiger partial charge in [-0.1, -0.05) is 0 Å². The Labute approximate surface area is 207 Å². The number of rotatable bonds is 11. The second kappa shape index (κ2) is 14.2. The molecular formula is C23H35IN4O4. The van der Waals surface area contributed by atoms with Gasteiger partial charge in [-0.25, -0.2) is 0 Å². The van der Waals surface area contributed by atoms with E-state index in [1.165, 1.54) is 5.56 Å². The predicted molar refractivity (Wildman–Crippen MR) is 136 cm³/mol. The zero-order valence-corrected chi connectivity index (χ0v) is 21.5. The molecule has 32 heavy (non-hydrogen) atoms. The number of hydrogen-bond acceptors (Lipinski definition) is 6. The number of halogens is 1. The molecule has 2 aromatic rings. The highest BCUT2D eigenvalue weighted by Gasteiger charge is 2.23. The van der Waals surface area contributed by atoms with Crippen LogP contribution in [-0.2, 0) is 17.7 Å². The number of guanidine groups is 1. The van der Waals surface area contributed by atoms with Gasteiger partial charge in [0.15, 0.2) is 5.96 Å². The number of likely N-dealkylation sites (tertiary alicyclic amines) is 1. The molecular weight excluding hydrogens is 523 g/mol. The van der Waals surface area contributed by atoms with Crippen LogP contribution in [0.3, 0.4) is 0 Å². The normalized spacial score (nSPS) is 16.5. The number of nitrogens with zero attached hydrogens (tertiary/aromatic N) is 2. The fourth-order valence-electron chi connectivity index (χ4n) is 3.66. The largest absolute Gasteiger partial charge is 0.497 e. The van der Waals surface area contributed by atoms with E-state index in [-0.39, 0.29) is 24.0 Å². The molecule has 0 bridgehead atoms. The quantitative estimate of drug-likeness (QED) is 0.190. The second-order valence-electron chi connectivity index (χ2n) is 7.57. The highest BCUT2D eigenvalue weighted by atomic mass is 127. The molecule has 1 atom stereocenters. The summed E-state index contributed by atoms with van der Waals surface area (Å²) >= 11 is 0. The minimum Gasteiger partial charge on any atom is -0.497 e. The number of hydrogen-bond donors (Lipinski definition) is 2. The number of methoxy groups -OCH3 is 3. The number of furan rings is 1. The molecule has 1 fully saturated rings. The third-order valence-corrected chi connectivity index (χ3v) is 5.24. The van der Waals surface area contributed by atoms with Gasteiger partial charge in [-0.3, -0.25) is 9.89 Å². The lowest BCUT2D eigenvalue weighted by atomic mass is 10.2. The molecule has 9 heteroatoms. The minimum absolute atomic E-state index is 0. The Balaban J connectivity index is 0.00000363. The van der Waals surface area contributed by atoms with Crippen molar-refractivity contribution in [3.8, 4) is 11.5 Å². The predicted octanol–water partition coefficient (Wildman–Crippen LogP) is 2.91. The van der Waals surface area contributed by atoms with Crippen LogP contribution in [0.15, 0.2) is 46.0 Å². The van der Waals surface area contributed by atoms with Gasteiger partial charge in [-0.15, -0.1) is 24.0 Å². The molecule has 1 unspecified atom stereocenters. The molecule has 178 valence electrons. The van der Waals surface area contributed by atoms with Gasteiger partial charge in [0, 0.05) is 51.8 Å². The smallest absolute Gasteiger partial charge is 0.191 e. The zero-order valence-electron chi connectivity index (χ0n) is 19.1. The molecule has 2 heterocycles. The molecule has 1 aliphatic rings. The van der Waals surface area contributed by atoms with Crippen LogP contribution < -0.4 is 20.1 Å². The van der Waals surface area contributed by atoms with E-state index in [0.717, 1.165) is 62.2 Å². The van der Waals surface area contributed by atoms with Crippen LogP contribution in [0.4, 0.5) is 0 Å². The van der Waals surface area contributed by atoms with Crippen molar-refractivity contribution in [2.24, 2.45) is 4.99 Å². The molecule has 8 nitrogen and oxygen atoms in total. The summed E-state index contributed by atoms with van der Waals surface area (Å²) in [5, 5.41) is 6.99. The lowest BCUT2D eigenvalue weighted by Crippen LogP contribution is -2.45. The van der Waals surface area contributed by atoms with Crippen LogP contribution in [-0.4, -0.2) is 71.0 Å². The van der Waals surface area contributed by atoms with E-state index >= 15 is 0 Å². The number of ether oxygens (including phenoxy) is 3. The summed E-state index contributed by atoms with van der Waals surface area (Å²) in [5.41, 5.74) is 1.18. The van der Waals surface area contributed by atoms with Gasteiger partial charge in [0.2, 0.25) is 0 Å². The Morgan fingerprint density at radius 3 is 2.62 bits per heavy atom. The molecule has 0 saturated carbocycles. The lowest BCUT2D eigenvalue weighted by molar-refractivity contribution is 0.208. The van der Waals surface area contributed by atoms with Crippen LogP contribution in [0, 0.1) is 0 Å². The van der Waals surface area contributed by atoms with Crippen molar-refractivity contribution in [3.63, 3.8) is 0 Å². The van der Waals surface area contributed by atoms with Crippen LogP contribution in [0.25, 0.3) is 0 Å². The fraction of sp³-hybridized carbons (Fsp3) is 0.522. The molecule has 1 aliphatic heterocycles. The molecule has 0 amide bonds. The van der Waals surface area contributed by atoms with E-state index in [9.17, 15) is 0 Å². The minimum atomic E-state index is 0. The van der Waals surface area contributed by atoms with Crippen LogP contribution in [0.1, 0.15) is 17.7 Å². The van der Waals surface area contributed by atoms with Crippen LogP contribution >= 0.6 is 24.0 Å². The Morgan fingerprint density at radius 1 is 1.19 bits per heavy atom. The van der Waals surface area contributed by atoms with E-state index in [1.807, 2.05) is 18.2 Å². The first kappa shape index (κ1) is 26.3. The number of benzene rings is 1. The fourth-order valence-corrected chi connectivity index (χ4v) is 3.66. The van der Waals surface area contributed by atoms with Gasteiger partial charge in [-0.05, 0) is 36.2 Å². The summed E-state index contributed by atoms with van der Waals surface area (Å²) in [6.07, 6.45) is 3.57. The number of nitrogens with one attached hydrogen (secondary N) is 2. The van der Waals surface area contributed by atoms with E-state index < -0.39 is 0 Å². The van der Waals surface area contributed by atoms with Gasteiger partial charge < -0.3 is 29.3 Å². The summed E-state index contributed by atoms with van der Waals surface area (Å²) in [4.78, 5) is 7.07. The summed E-state index contributed by atoms with van der Waals surface area (Å²) in [7, 11) is 5.05. The average Bonchev–Trinajstić information content (AvgIpc) is 3.45. The van der Waals surface area contributed by atoms with E-state index in [2.05, 4.69) is 32.7 Å². The number of aliphatic imine (C=N–C) groups is 1.